The van der Waals surface area contributed by atoms with Crippen molar-refractivity contribution in [2.75, 3.05) is 25.0 Å². The van der Waals surface area contributed by atoms with Gasteiger partial charge in [-0.1, -0.05) is 18.2 Å². The minimum Gasteiger partial charge on any atom is -0.326 e. The summed E-state index contributed by atoms with van der Waals surface area (Å²) in [4.78, 5) is 15.4. The van der Waals surface area contributed by atoms with Crippen LogP contribution in [0.4, 0.5) is 9.80 Å². The first-order valence-corrected chi connectivity index (χ1v) is 6.08. The van der Waals surface area contributed by atoms with Crippen molar-refractivity contribution in [1.29, 1.82) is 0 Å². The molecule has 1 fully saturated rings. The van der Waals surface area contributed by atoms with Crippen molar-refractivity contribution in [2.24, 2.45) is 0 Å². The van der Waals surface area contributed by atoms with Crippen LogP contribution in [0.5, 0.6) is 0 Å². The zero-order valence-electron chi connectivity index (χ0n) is 9.01. The van der Waals surface area contributed by atoms with Crippen molar-refractivity contribution < 1.29 is 4.79 Å². The van der Waals surface area contributed by atoms with Gasteiger partial charge in [-0.25, -0.2) is 4.79 Å². The minimum atomic E-state index is 0.103. The average molecular weight is 232 g/mol. The number of urea groups is 1. The summed E-state index contributed by atoms with van der Waals surface area (Å²) in [5.41, 5.74) is 0. The van der Waals surface area contributed by atoms with Crippen LogP contribution in [0, 0.1) is 0 Å². The van der Waals surface area contributed by atoms with E-state index < -0.39 is 0 Å². The summed E-state index contributed by atoms with van der Waals surface area (Å²) in [5.74, 6) is 0. The monoisotopic (exact) mass is 232 g/mol. The van der Waals surface area contributed by atoms with Crippen LogP contribution < -0.4 is 4.90 Å². The molecule has 3 nitrogen and oxygen atoms in total. The lowest BCUT2D eigenvalue weighted by Gasteiger charge is -2.12. The number of amides is 2. The summed E-state index contributed by atoms with van der Waals surface area (Å²) in [6.07, 6.45) is 0. The van der Waals surface area contributed by atoms with E-state index in [1.54, 1.807) is 16.2 Å². The molecule has 0 saturated carbocycles. The van der Waals surface area contributed by atoms with Gasteiger partial charge < -0.3 is 4.90 Å². The van der Waals surface area contributed by atoms with Crippen LogP contribution >= 0.6 is 11.3 Å². The third kappa shape index (κ3) is 1.38. The maximum absolute atomic E-state index is 11.8. The lowest BCUT2D eigenvalue weighted by atomic mass is 10.3. The van der Waals surface area contributed by atoms with Gasteiger partial charge in [-0.3, -0.25) is 4.90 Å². The smallest absolute Gasteiger partial charge is 0.324 e. The number of fused-ring (bicyclic) bond motifs is 1. The van der Waals surface area contributed by atoms with Crippen molar-refractivity contribution in [3.8, 4) is 0 Å². The number of anilines is 1. The fourth-order valence-electron chi connectivity index (χ4n) is 1.95. The van der Waals surface area contributed by atoms with Gasteiger partial charge >= 0.3 is 6.03 Å². The van der Waals surface area contributed by atoms with E-state index in [-0.39, 0.29) is 6.03 Å². The van der Waals surface area contributed by atoms with E-state index in [1.807, 2.05) is 24.1 Å². The number of carbonyl (C=O) groups excluding carboxylic acids is 1. The number of rotatable bonds is 1. The van der Waals surface area contributed by atoms with E-state index in [0.29, 0.717) is 0 Å². The Hall–Kier alpha value is -1.55. The highest BCUT2D eigenvalue weighted by Gasteiger charge is 2.27. The van der Waals surface area contributed by atoms with Gasteiger partial charge in [-0.05, 0) is 17.5 Å². The first kappa shape index (κ1) is 9.66. The predicted octanol–water partition coefficient (Wildman–Crippen LogP) is 2.77. The standard InChI is InChI=1S/C12H12N2OS/c1-13-6-7-14(12(13)15)11-8-9-4-2-3-5-10(9)16-11/h2-5,8H,6-7H2,1H3. The summed E-state index contributed by atoms with van der Waals surface area (Å²) >= 11 is 1.68. The molecular weight excluding hydrogens is 220 g/mol. The van der Waals surface area contributed by atoms with Crippen LogP contribution in [0.1, 0.15) is 0 Å². The van der Waals surface area contributed by atoms with Crippen LogP contribution in [0.25, 0.3) is 10.1 Å². The molecule has 0 spiro atoms. The van der Waals surface area contributed by atoms with E-state index in [4.69, 9.17) is 0 Å². The van der Waals surface area contributed by atoms with Crippen molar-refractivity contribution >= 4 is 32.5 Å². The van der Waals surface area contributed by atoms with Gasteiger partial charge in [0.05, 0.1) is 0 Å². The summed E-state index contributed by atoms with van der Waals surface area (Å²) in [7, 11) is 1.84. The molecule has 0 radical (unpaired) electrons. The maximum atomic E-state index is 11.8. The maximum Gasteiger partial charge on any atom is 0.324 e. The number of thiophene rings is 1. The van der Waals surface area contributed by atoms with Crippen LogP contribution in [0.15, 0.2) is 30.3 Å². The third-order valence-corrected chi connectivity index (χ3v) is 4.03. The Morgan fingerprint density at radius 1 is 1.25 bits per heavy atom. The summed E-state index contributed by atoms with van der Waals surface area (Å²) in [6.45, 7) is 1.61. The van der Waals surface area contributed by atoms with Crippen molar-refractivity contribution in [3.63, 3.8) is 0 Å². The second kappa shape index (κ2) is 3.49. The van der Waals surface area contributed by atoms with Crippen LogP contribution in [-0.4, -0.2) is 31.1 Å². The van der Waals surface area contributed by atoms with E-state index in [0.717, 1.165) is 18.1 Å². The molecule has 2 heterocycles. The Morgan fingerprint density at radius 2 is 2.06 bits per heavy atom. The van der Waals surface area contributed by atoms with Crippen LogP contribution in [-0.2, 0) is 0 Å². The lowest BCUT2D eigenvalue weighted by molar-refractivity contribution is 0.229. The molecule has 1 aromatic carbocycles. The highest BCUT2D eigenvalue weighted by atomic mass is 32.1. The molecule has 1 saturated heterocycles. The van der Waals surface area contributed by atoms with Gasteiger partial charge in [-0.2, -0.15) is 0 Å². The SMILES string of the molecule is CN1CCN(c2cc3ccccc3s2)C1=O. The number of carbonyl (C=O) groups is 1. The van der Waals surface area contributed by atoms with Gasteiger partial charge in [-0.15, -0.1) is 11.3 Å². The zero-order valence-corrected chi connectivity index (χ0v) is 9.83. The highest BCUT2D eigenvalue weighted by Crippen LogP contribution is 2.33. The Bertz CT molecular complexity index is 516. The first-order valence-electron chi connectivity index (χ1n) is 5.27. The first-order chi connectivity index (χ1) is 7.75. The van der Waals surface area contributed by atoms with Gasteiger partial charge in [0.2, 0.25) is 0 Å². The molecule has 4 heteroatoms. The molecule has 1 aliphatic rings. The molecule has 16 heavy (non-hydrogen) atoms. The Balaban J connectivity index is 2.03. The molecule has 0 bridgehead atoms. The molecule has 3 rings (SSSR count). The molecule has 2 aromatic rings. The summed E-state index contributed by atoms with van der Waals surface area (Å²) in [6, 6.07) is 10.4. The molecule has 0 unspecified atom stereocenters. The van der Waals surface area contributed by atoms with Gasteiger partial charge in [0.1, 0.15) is 5.00 Å². The van der Waals surface area contributed by atoms with E-state index >= 15 is 0 Å². The fourth-order valence-corrected chi connectivity index (χ4v) is 3.03. The lowest BCUT2D eigenvalue weighted by Crippen LogP contribution is -2.28. The third-order valence-electron chi connectivity index (χ3n) is 2.90. The molecule has 0 atom stereocenters. The number of hydrogen-bond acceptors (Lipinski definition) is 2. The number of likely N-dealkylation sites (N-methyl/N-ethyl adjacent to an activating group) is 1. The Labute approximate surface area is 97.9 Å². The molecule has 0 aliphatic carbocycles. The minimum absolute atomic E-state index is 0.103. The summed E-state index contributed by atoms with van der Waals surface area (Å²) in [5, 5.41) is 2.26. The predicted molar refractivity (Wildman–Crippen MR) is 67.2 cm³/mol. The highest BCUT2D eigenvalue weighted by molar-refractivity contribution is 7.23. The topological polar surface area (TPSA) is 23.6 Å². The molecule has 1 aliphatic heterocycles. The van der Waals surface area contributed by atoms with Gasteiger partial charge in [0, 0.05) is 24.8 Å². The zero-order chi connectivity index (χ0) is 11.1. The van der Waals surface area contributed by atoms with Crippen LogP contribution in [0.2, 0.25) is 0 Å². The van der Waals surface area contributed by atoms with E-state index in [1.165, 1.54) is 10.1 Å². The molecular formula is C12H12N2OS. The van der Waals surface area contributed by atoms with Crippen molar-refractivity contribution in [1.82, 2.24) is 4.90 Å². The fraction of sp³-hybridized carbons (Fsp3) is 0.250. The normalized spacial score (nSPS) is 16.4. The van der Waals surface area contributed by atoms with Gasteiger partial charge in [0.25, 0.3) is 0 Å². The average Bonchev–Trinajstić information content (AvgIpc) is 2.84. The van der Waals surface area contributed by atoms with Gasteiger partial charge in [0.15, 0.2) is 0 Å². The Morgan fingerprint density at radius 3 is 2.75 bits per heavy atom. The largest absolute Gasteiger partial charge is 0.326 e. The second-order valence-corrected chi connectivity index (χ2v) is 5.04. The van der Waals surface area contributed by atoms with E-state index in [9.17, 15) is 4.79 Å². The Kier molecular flexibility index (Phi) is 2.11. The van der Waals surface area contributed by atoms with E-state index in [2.05, 4.69) is 18.2 Å². The second-order valence-electron chi connectivity index (χ2n) is 3.98. The van der Waals surface area contributed by atoms with Crippen molar-refractivity contribution in [2.45, 2.75) is 0 Å². The summed E-state index contributed by atoms with van der Waals surface area (Å²) < 4.78 is 1.24. The number of hydrogen-bond donors (Lipinski definition) is 0. The molecule has 1 aromatic heterocycles. The number of nitrogens with zero attached hydrogens (tertiary/aromatic N) is 2. The number of benzene rings is 1. The molecule has 82 valence electrons. The molecule has 2 amide bonds. The van der Waals surface area contributed by atoms with Crippen LogP contribution in [0.3, 0.4) is 0 Å². The van der Waals surface area contributed by atoms with Crippen molar-refractivity contribution in [3.05, 3.63) is 30.3 Å². The quantitative estimate of drug-likeness (QED) is 0.741. The molecule has 0 N–H and O–H groups in total.